The molecule has 0 saturated carbocycles. The molecule has 2 N–H and O–H groups in total. The van der Waals surface area contributed by atoms with E-state index in [1.165, 1.54) is 6.92 Å². The van der Waals surface area contributed by atoms with Crippen LogP contribution in [-0.4, -0.2) is 35.7 Å². The summed E-state index contributed by atoms with van der Waals surface area (Å²) in [6.45, 7) is 7.18. The Morgan fingerprint density at radius 3 is 2.31 bits per heavy atom. The molecule has 0 aromatic heterocycles. The number of piperidine rings is 1. The van der Waals surface area contributed by atoms with E-state index >= 15 is 0 Å². The van der Waals surface area contributed by atoms with Crippen LogP contribution in [-0.2, 0) is 4.79 Å². The van der Waals surface area contributed by atoms with Gasteiger partial charge in [0.15, 0.2) is 0 Å². The van der Waals surface area contributed by atoms with Gasteiger partial charge >= 0.3 is 0 Å². The Morgan fingerprint density at radius 1 is 0.931 bits per heavy atom. The second-order valence-electron chi connectivity index (χ2n) is 7.92. The molecule has 1 fully saturated rings. The smallest absolute Gasteiger partial charge is 0.255 e. The fourth-order valence-electron chi connectivity index (χ4n) is 3.91. The first-order valence-electron chi connectivity index (χ1n) is 9.90. The SMILES string of the molecule is CC(=O)Nc1cccc(C(=O)Nc2ccccc2C(=O)N2CC(C)CC(C)C2)c1. The summed E-state index contributed by atoms with van der Waals surface area (Å²) in [5, 5.41) is 5.52. The van der Waals surface area contributed by atoms with Crippen molar-refractivity contribution in [2.24, 2.45) is 11.8 Å². The number of rotatable bonds is 4. The summed E-state index contributed by atoms with van der Waals surface area (Å²) in [5.41, 5.74) is 1.92. The Bertz CT molecular complexity index is 915. The molecule has 152 valence electrons. The van der Waals surface area contributed by atoms with Gasteiger partial charge in [0.2, 0.25) is 5.91 Å². The van der Waals surface area contributed by atoms with Crippen LogP contribution in [0.2, 0.25) is 0 Å². The van der Waals surface area contributed by atoms with Crippen molar-refractivity contribution in [3.05, 3.63) is 59.7 Å². The highest BCUT2D eigenvalue weighted by atomic mass is 16.2. The second kappa shape index (κ2) is 8.90. The van der Waals surface area contributed by atoms with Gasteiger partial charge in [-0.15, -0.1) is 0 Å². The predicted octanol–water partition coefficient (Wildman–Crippen LogP) is 4.02. The van der Waals surface area contributed by atoms with E-state index in [1.807, 2.05) is 4.90 Å². The van der Waals surface area contributed by atoms with Crippen LogP contribution in [0.15, 0.2) is 48.5 Å². The van der Waals surface area contributed by atoms with Crippen molar-refractivity contribution in [1.82, 2.24) is 4.90 Å². The Morgan fingerprint density at radius 2 is 1.62 bits per heavy atom. The summed E-state index contributed by atoms with van der Waals surface area (Å²) in [4.78, 5) is 39.0. The number of carbonyl (C=O) groups is 3. The standard InChI is InChI=1S/C23H27N3O3/c1-15-11-16(2)14-26(13-15)23(29)20-9-4-5-10-21(20)25-22(28)18-7-6-8-19(12-18)24-17(3)27/h4-10,12,15-16H,11,13-14H2,1-3H3,(H,24,27)(H,25,28). The molecule has 3 rings (SSSR count). The third-order valence-corrected chi connectivity index (χ3v) is 5.01. The van der Waals surface area contributed by atoms with Gasteiger partial charge in [0.1, 0.15) is 0 Å². The monoisotopic (exact) mass is 393 g/mol. The number of para-hydroxylation sites is 1. The van der Waals surface area contributed by atoms with Gasteiger partial charge < -0.3 is 15.5 Å². The van der Waals surface area contributed by atoms with Crippen molar-refractivity contribution in [2.45, 2.75) is 27.2 Å². The molecule has 0 aliphatic carbocycles. The molecule has 1 heterocycles. The molecule has 29 heavy (non-hydrogen) atoms. The Labute approximate surface area is 171 Å². The first-order valence-corrected chi connectivity index (χ1v) is 9.90. The summed E-state index contributed by atoms with van der Waals surface area (Å²) in [6.07, 6.45) is 1.12. The maximum Gasteiger partial charge on any atom is 0.255 e. The van der Waals surface area contributed by atoms with Crippen LogP contribution < -0.4 is 10.6 Å². The molecule has 1 saturated heterocycles. The van der Waals surface area contributed by atoms with Gasteiger partial charge in [-0.2, -0.15) is 0 Å². The van der Waals surface area contributed by atoms with Gasteiger partial charge in [0.05, 0.1) is 11.3 Å². The molecule has 2 aromatic carbocycles. The molecule has 0 spiro atoms. The van der Waals surface area contributed by atoms with E-state index in [1.54, 1.807) is 48.5 Å². The van der Waals surface area contributed by atoms with Crippen molar-refractivity contribution < 1.29 is 14.4 Å². The van der Waals surface area contributed by atoms with Gasteiger partial charge in [-0.25, -0.2) is 0 Å². The molecule has 0 radical (unpaired) electrons. The van der Waals surface area contributed by atoms with Gasteiger partial charge in [-0.1, -0.05) is 32.0 Å². The first-order chi connectivity index (χ1) is 13.8. The lowest BCUT2D eigenvalue weighted by Crippen LogP contribution is -2.42. The van der Waals surface area contributed by atoms with E-state index in [0.29, 0.717) is 34.3 Å². The molecule has 6 heteroatoms. The zero-order valence-corrected chi connectivity index (χ0v) is 17.1. The van der Waals surface area contributed by atoms with Gasteiger partial charge in [-0.3, -0.25) is 14.4 Å². The topological polar surface area (TPSA) is 78.5 Å². The highest BCUT2D eigenvalue weighted by Gasteiger charge is 2.27. The van der Waals surface area contributed by atoms with E-state index in [4.69, 9.17) is 0 Å². The number of nitrogens with zero attached hydrogens (tertiary/aromatic N) is 1. The minimum Gasteiger partial charge on any atom is -0.338 e. The van der Waals surface area contributed by atoms with E-state index < -0.39 is 0 Å². The third kappa shape index (κ3) is 5.22. The highest BCUT2D eigenvalue weighted by molar-refractivity contribution is 6.09. The van der Waals surface area contributed by atoms with Gasteiger partial charge in [0.25, 0.3) is 11.8 Å². The normalized spacial score (nSPS) is 18.8. The fourth-order valence-corrected chi connectivity index (χ4v) is 3.91. The molecule has 1 aliphatic rings. The first kappa shape index (κ1) is 20.6. The molecule has 6 nitrogen and oxygen atoms in total. The lowest BCUT2D eigenvalue weighted by atomic mass is 9.91. The number of anilines is 2. The minimum atomic E-state index is -0.335. The molecular weight excluding hydrogens is 366 g/mol. The summed E-state index contributed by atoms with van der Waals surface area (Å²) < 4.78 is 0. The molecule has 2 unspecified atom stereocenters. The van der Waals surface area contributed by atoms with Crippen LogP contribution in [0.5, 0.6) is 0 Å². The number of benzene rings is 2. The lowest BCUT2D eigenvalue weighted by Gasteiger charge is -2.35. The van der Waals surface area contributed by atoms with E-state index in [-0.39, 0.29) is 17.7 Å². The van der Waals surface area contributed by atoms with Crippen molar-refractivity contribution in [1.29, 1.82) is 0 Å². The molecule has 2 aromatic rings. The van der Waals surface area contributed by atoms with Crippen LogP contribution in [0.25, 0.3) is 0 Å². The van der Waals surface area contributed by atoms with Crippen LogP contribution in [0.1, 0.15) is 47.9 Å². The highest BCUT2D eigenvalue weighted by Crippen LogP contribution is 2.25. The zero-order valence-electron chi connectivity index (χ0n) is 17.1. The molecular formula is C23H27N3O3. The van der Waals surface area contributed by atoms with Gasteiger partial charge in [0, 0.05) is 31.3 Å². The maximum atomic E-state index is 13.1. The molecule has 3 amide bonds. The van der Waals surface area contributed by atoms with E-state index in [2.05, 4.69) is 24.5 Å². The largest absolute Gasteiger partial charge is 0.338 e. The number of amides is 3. The number of nitrogens with one attached hydrogen (secondary N) is 2. The average Bonchev–Trinajstić information content (AvgIpc) is 2.67. The lowest BCUT2D eigenvalue weighted by molar-refractivity contribution is -0.114. The van der Waals surface area contributed by atoms with E-state index in [9.17, 15) is 14.4 Å². The van der Waals surface area contributed by atoms with Crippen molar-refractivity contribution >= 4 is 29.1 Å². The summed E-state index contributed by atoms with van der Waals surface area (Å²) in [5.74, 6) is 0.314. The van der Waals surface area contributed by atoms with Gasteiger partial charge in [-0.05, 0) is 48.6 Å². The molecule has 2 atom stereocenters. The van der Waals surface area contributed by atoms with E-state index in [0.717, 1.165) is 19.5 Å². The number of carbonyl (C=O) groups excluding carboxylic acids is 3. The van der Waals surface area contributed by atoms with Crippen LogP contribution in [0, 0.1) is 11.8 Å². The van der Waals surface area contributed by atoms with Crippen molar-refractivity contribution in [3.63, 3.8) is 0 Å². The maximum absolute atomic E-state index is 13.1. The third-order valence-electron chi connectivity index (χ3n) is 5.01. The Balaban J connectivity index is 1.79. The average molecular weight is 393 g/mol. The number of hydrogen-bond donors (Lipinski definition) is 2. The van der Waals surface area contributed by atoms with Crippen molar-refractivity contribution in [2.75, 3.05) is 23.7 Å². The zero-order chi connectivity index (χ0) is 21.0. The number of likely N-dealkylation sites (tertiary alicyclic amines) is 1. The number of hydrogen-bond acceptors (Lipinski definition) is 3. The Hall–Kier alpha value is -3.15. The summed E-state index contributed by atoms with van der Waals surface area (Å²) in [7, 11) is 0. The van der Waals surface area contributed by atoms with Crippen LogP contribution >= 0.6 is 0 Å². The summed E-state index contributed by atoms with van der Waals surface area (Å²) >= 11 is 0. The minimum absolute atomic E-state index is 0.0636. The van der Waals surface area contributed by atoms with Crippen LogP contribution in [0.3, 0.4) is 0 Å². The fraction of sp³-hybridized carbons (Fsp3) is 0.348. The molecule has 0 bridgehead atoms. The molecule has 1 aliphatic heterocycles. The Kier molecular flexibility index (Phi) is 6.32. The van der Waals surface area contributed by atoms with Crippen molar-refractivity contribution in [3.8, 4) is 0 Å². The quantitative estimate of drug-likeness (QED) is 0.824. The summed E-state index contributed by atoms with van der Waals surface area (Å²) in [6, 6.07) is 13.8. The van der Waals surface area contributed by atoms with Crippen LogP contribution in [0.4, 0.5) is 11.4 Å². The predicted molar refractivity (Wildman–Crippen MR) is 114 cm³/mol. The second-order valence-corrected chi connectivity index (χ2v) is 7.92.